The molecule has 6 atom stereocenters. The van der Waals surface area contributed by atoms with Crippen LogP contribution in [0.4, 0.5) is 0 Å². The fraction of sp³-hybridized carbons (Fsp3) is 0.625. The molecule has 3 rings (SSSR count). The fourth-order valence-corrected chi connectivity index (χ4v) is 4.59. The number of hydrogen-bond acceptors (Lipinski definition) is 4. The van der Waals surface area contributed by atoms with Gasteiger partial charge in [-0.2, -0.15) is 0 Å². The first-order valence-electron chi connectivity index (χ1n) is 10.8. The Morgan fingerprint density at radius 2 is 2.03 bits per heavy atom. The van der Waals surface area contributed by atoms with Gasteiger partial charge in [0.15, 0.2) is 0 Å². The highest BCUT2D eigenvalue weighted by Gasteiger charge is 2.43. The largest absolute Gasteiger partial charge is 0.481 e. The lowest BCUT2D eigenvalue weighted by Crippen LogP contribution is -2.21. The molecule has 0 bridgehead atoms. The molecular formula is C24H32O5. The summed E-state index contributed by atoms with van der Waals surface area (Å²) in [6.07, 6.45) is 4.40. The fourth-order valence-electron chi connectivity index (χ4n) is 4.59. The molecule has 29 heavy (non-hydrogen) atoms. The summed E-state index contributed by atoms with van der Waals surface area (Å²) in [5.74, 6) is 5.77. The third kappa shape index (κ3) is 6.57. The van der Waals surface area contributed by atoms with Gasteiger partial charge in [-0.1, -0.05) is 42.2 Å². The Morgan fingerprint density at radius 3 is 2.79 bits per heavy atom. The van der Waals surface area contributed by atoms with Gasteiger partial charge in [-0.15, -0.1) is 0 Å². The molecule has 2 fully saturated rings. The second kappa shape index (κ2) is 10.8. The molecule has 3 N–H and O–H groups in total. The number of aliphatic hydroxyl groups excluding tert-OH is 2. The van der Waals surface area contributed by atoms with E-state index in [1.807, 2.05) is 30.3 Å². The first-order valence-corrected chi connectivity index (χ1v) is 10.8. The van der Waals surface area contributed by atoms with Crippen LogP contribution in [-0.4, -0.2) is 46.2 Å². The number of carboxylic acids is 1. The minimum atomic E-state index is -0.749. The van der Waals surface area contributed by atoms with Crippen LogP contribution in [0, 0.1) is 29.6 Å². The highest BCUT2D eigenvalue weighted by molar-refractivity contribution is 5.66. The van der Waals surface area contributed by atoms with E-state index >= 15 is 0 Å². The molecular weight excluding hydrogens is 368 g/mol. The maximum Gasteiger partial charge on any atom is 0.303 e. The summed E-state index contributed by atoms with van der Waals surface area (Å²) in [6.45, 7) is 0.632. The van der Waals surface area contributed by atoms with Crippen molar-refractivity contribution in [1.82, 2.24) is 0 Å². The van der Waals surface area contributed by atoms with Crippen molar-refractivity contribution in [1.29, 1.82) is 0 Å². The van der Waals surface area contributed by atoms with Crippen molar-refractivity contribution in [2.45, 2.75) is 69.7 Å². The van der Waals surface area contributed by atoms with E-state index in [0.717, 1.165) is 25.7 Å². The summed E-state index contributed by atoms with van der Waals surface area (Å²) in [6, 6.07) is 10.0. The lowest BCUT2D eigenvalue weighted by Gasteiger charge is -2.19. The zero-order valence-electron chi connectivity index (χ0n) is 16.9. The monoisotopic (exact) mass is 400 g/mol. The number of benzene rings is 1. The van der Waals surface area contributed by atoms with Crippen LogP contribution in [0.15, 0.2) is 30.3 Å². The summed E-state index contributed by atoms with van der Waals surface area (Å²) in [7, 11) is 0. The average molecular weight is 401 g/mol. The molecule has 0 spiro atoms. The van der Waals surface area contributed by atoms with Crippen LogP contribution in [0.1, 0.15) is 50.5 Å². The van der Waals surface area contributed by atoms with Crippen molar-refractivity contribution in [3.63, 3.8) is 0 Å². The summed E-state index contributed by atoms with van der Waals surface area (Å²) < 4.78 is 6.07. The van der Waals surface area contributed by atoms with Gasteiger partial charge >= 0.3 is 5.97 Å². The number of carboxylic acid groups (broad SMARTS) is 1. The smallest absolute Gasteiger partial charge is 0.303 e. The number of aliphatic carboxylic acids is 1. The Balaban J connectivity index is 1.51. The van der Waals surface area contributed by atoms with E-state index in [2.05, 4.69) is 11.8 Å². The summed E-state index contributed by atoms with van der Waals surface area (Å²) in [5, 5.41) is 29.5. The average Bonchev–Trinajstić information content (AvgIpc) is 2.87. The number of aliphatic hydroxyl groups is 2. The third-order valence-electron chi connectivity index (χ3n) is 6.25. The summed E-state index contributed by atoms with van der Waals surface area (Å²) in [4.78, 5) is 10.7. The quantitative estimate of drug-likeness (QED) is 0.613. The topological polar surface area (TPSA) is 87.0 Å². The maximum absolute atomic E-state index is 10.7. The van der Waals surface area contributed by atoms with E-state index < -0.39 is 18.2 Å². The summed E-state index contributed by atoms with van der Waals surface area (Å²) in [5.41, 5.74) is 1.18. The zero-order valence-corrected chi connectivity index (χ0v) is 16.9. The molecule has 1 saturated heterocycles. The van der Waals surface area contributed by atoms with E-state index in [4.69, 9.17) is 9.84 Å². The number of fused-ring (bicyclic) bond motifs is 1. The van der Waals surface area contributed by atoms with Crippen molar-refractivity contribution in [3.8, 4) is 11.8 Å². The van der Waals surface area contributed by atoms with Gasteiger partial charge < -0.3 is 20.1 Å². The van der Waals surface area contributed by atoms with Gasteiger partial charge in [-0.25, -0.2) is 0 Å². The summed E-state index contributed by atoms with van der Waals surface area (Å²) >= 11 is 0. The molecule has 1 saturated carbocycles. The van der Waals surface area contributed by atoms with E-state index in [9.17, 15) is 15.0 Å². The van der Waals surface area contributed by atoms with Gasteiger partial charge in [0.05, 0.1) is 18.1 Å². The molecule has 0 radical (unpaired) electrons. The molecule has 1 heterocycles. The van der Waals surface area contributed by atoms with Crippen LogP contribution < -0.4 is 0 Å². The van der Waals surface area contributed by atoms with Gasteiger partial charge in [0, 0.05) is 25.4 Å². The van der Waals surface area contributed by atoms with Gasteiger partial charge in [0.25, 0.3) is 0 Å². The predicted molar refractivity (Wildman–Crippen MR) is 110 cm³/mol. The molecule has 1 aromatic rings. The van der Waals surface area contributed by atoms with Crippen LogP contribution in [0.2, 0.25) is 0 Å². The van der Waals surface area contributed by atoms with Crippen molar-refractivity contribution < 1.29 is 24.9 Å². The molecule has 158 valence electrons. The number of rotatable bonds is 7. The molecule has 5 nitrogen and oxygen atoms in total. The zero-order chi connectivity index (χ0) is 20.6. The molecule has 1 unspecified atom stereocenters. The van der Waals surface area contributed by atoms with Crippen LogP contribution >= 0.6 is 0 Å². The molecule has 2 aliphatic rings. The first-order chi connectivity index (χ1) is 14.0. The van der Waals surface area contributed by atoms with Gasteiger partial charge in [-0.05, 0) is 50.0 Å². The molecule has 1 aliphatic heterocycles. The second-order valence-electron chi connectivity index (χ2n) is 8.42. The Kier molecular flexibility index (Phi) is 8.11. The van der Waals surface area contributed by atoms with Crippen LogP contribution in [0.5, 0.6) is 0 Å². The number of aryl methyl sites for hydroxylation is 1. The first kappa shape index (κ1) is 21.8. The molecule has 0 amide bonds. The van der Waals surface area contributed by atoms with Crippen molar-refractivity contribution in [2.75, 3.05) is 6.61 Å². The Morgan fingerprint density at radius 1 is 1.24 bits per heavy atom. The maximum atomic E-state index is 10.7. The molecule has 1 aliphatic carbocycles. The SMILES string of the molecule is O=C(O)CCC[C@H]1CC[C@@H]2[C@@H](C#CC(O)CCc3ccccc3)[C@H](O)C[C@@H]2OC1. The van der Waals surface area contributed by atoms with Crippen molar-refractivity contribution >= 4 is 5.97 Å². The van der Waals surface area contributed by atoms with Gasteiger partial charge in [0.2, 0.25) is 0 Å². The predicted octanol–water partition coefficient (Wildman–Crippen LogP) is 3.03. The van der Waals surface area contributed by atoms with Crippen LogP contribution in [0.3, 0.4) is 0 Å². The lowest BCUT2D eigenvalue weighted by molar-refractivity contribution is -0.137. The minimum absolute atomic E-state index is 0.00948. The molecule has 1 aromatic carbocycles. The Hall–Kier alpha value is -1.87. The molecule has 5 heteroatoms. The van der Waals surface area contributed by atoms with E-state index in [1.54, 1.807) is 0 Å². The highest BCUT2D eigenvalue weighted by atomic mass is 16.5. The van der Waals surface area contributed by atoms with E-state index in [0.29, 0.717) is 31.8 Å². The van der Waals surface area contributed by atoms with Crippen molar-refractivity contribution in [2.24, 2.45) is 17.8 Å². The highest BCUT2D eigenvalue weighted by Crippen LogP contribution is 2.41. The van der Waals surface area contributed by atoms with E-state index in [-0.39, 0.29) is 24.4 Å². The second-order valence-corrected chi connectivity index (χ2v) is 8.42. The minimum Gasteiger partial charge on any atom is -0.481 e. The number of ether oxygens (including phenoxy) is 1. The third-order valence-corrected chi connectivity index (χ3v) is 6.25. The van der Waals surface area contributed by atoms with Gasteiger partial charge in [-0.3, -0.25) is 4.79 Å². The Bertz CT molecular complexity index is 707. The van der Waals surface area contributed by atoms with Crippen LogP contribution in [-0.2, 0) is 16.0 Å². The molecule has 0 aromatic heterocycles. The standard InChI is InChI=1S/C24H32O5/c25-19(11-9-17-5-2-1-3-6-17)12-14-20-21-13-10-18(7-4-8-24(27)28)16-29-23(21)15-22(20)26/h1-3,5-6,18-23,25-26H,4,7-11,13,15-16H2,(H,27,28)/t18-,19?,20+,21+,22+,23-/m0/s1. The number of carbonyl (C=O) groups is 1. The van der Waals surface area contributed by atoms with E-state index in [1.165, 1.54) is 5.56 Å². The van der Waals surface area contributed by atoms with Crippen molar-refractivity contribution in [3.05, 3.63) is 35.9 Å². The normalized spacial score (nSPS) is 29.9. The lowest BCUT2D eigenvalue weighted by atomic mass is 9.87. The Labute approximate surface area is 173 Å². The van der Waals surface area contributed by atoms with Crippen LogP contribution in [0.25, 0.3) is 0 Å². The number of hydrogen-bond donors (Lipinski definition) is 3. The van der Waals surface area contributed by atoms with Gasteiger partial charge in [0.1, 0.15) is 6.10 Å².